The molecule has 0 unspecified atom stereocenters. The van der Waals surface area contributed by atoms with Crippen LogP contribution in [0.1, 0.15) is 0 Å². The van der Waals surface area contributed by atoms with Crippen molar-refractivity contribution in [1.82, 2.24) is 0 Å². The van der Waals surface area contributed by atoms with Crippen molar-refractivity contribution in [3.63, 3.8) is 0 Å². The molecule has 0 aromatic heterocycles. The molecule has 0 amide bonds. The number of aliphatic hydroxyl groups is 1. The van der Waals surface area contributed by atoms with Crippen LogP contribution in [0.2, 0.25) is 0 Å². The lowest BCUT2D eigenvalue weighted by atomic mass is 10.5. The van der Waals surface area contributed by atoms with Crippen LogP contribution in [-0.2, 0) is 10.0 Å². The molecule has 0 saturated carbocycles. The SMILES string of the molecule is C[N+](C)(C)CCO.NS(=O)(=O)C(F)(F)F. The van der Waals surface area contributed by atoms with Crippen LogP contribution >= 0.6 is 0 Å². The molecule has 0 aliphatic rings. The first-order valence-corrected chi connectivity index (χ1v) is 5.36. The molecule has 5 nitrogen and oxygen atoms in total. The lowest BCUT2D eigenvalue weighted by Crippen LogP contribution is -2.36. The molecule has 0 spiro atoms. The summed E-state index contributed by atoms with van der Waals surface area (Å²) in [7, 11) is 0.815. The van der Waals surface area contributed by atoms with Crippen LogP contribution in [0.15, 0.2) is 0 Å². The highest BCUT2D eigenvalue weighted by Crippen LogP contribution is 2.18. The van der Waals surface area contributed by atoms with Crippen molar-refractivity contribution in [3.8, 4) is 0 Å². The molecule has 15 heavy (non-hydrogen) atoms. The van der Waals surface area contributed by atoms with Crippen molar-refractivity contribution in [2.24, 2.45) is 5.14 Å². The molecule has 9 heteroatoms. The number of nitrogens with two attached hydrogens (primary N) is 1. The monoisotopic (exact) mass is 253 g/mol. The Morgan fingerprint density at radius 1 is 1.27 bits per heavy atom. The van der Waals surface area contributed by atoms with Crippen molar-refractivity contribution in [1.29, 1.82) is 0 Å². The van der Waals surface area contributed by atoms with E-state index in [2.05, 4.69) is 26.3 Å². The Morgan fingerprint density at radius 2 is 1.53 bits per heavy atom. The predicted molar refractivity (Wildman–Crippen MR) is 49.1 cm³/mol. The van der Waals surface area contributed by atoms with Crippen LogP contribution in [0.3, 0.4) is 0 Å². The second-order valence-corrected chi connectivity index (χ2v) is 5.28. The lowest BCUT2D eigenvalue weighted by molar-refractivity contribution is -0.870. The first-order chi connectivity index (χ1) is 6.31. The molecule has 0 saturated heterocycles. The van der Waals surface area contributed by atoms with Crippen LogP contribution in [0.5, 0.6) is 0 Å². The van der Waals surface area contributed by atoms with E-state index in [0.717, 1.165) is 11.0 Å². The summed E-state index contributed by atoms with van der Waals surface area (Å²) in [6.07, 6.45) is 0. The van der Waals surface area contributed by atoms with Crippen LogP contribution in [0.25, 0.3) is 0 Å². The Morgan fingerprint density at radius 3 is 1.53 bits per heavy atom. The van der Waals surface area contributed by atoms with E-state index in [1.807, 2.05) is 0 Å². The molecule has 0 fully saturated rings. The average Bonchev–Trinajstić information content (AvgIpc) is 1.79. The third-order valence-corrected chi connectivity index (χ3v) is 1.74. The van der Waals surface area contributed by atoms with Crippen molar-refractivity contribution in [2.45, 2.75) is 5.51 Å². The maximum atomic E-state index is 10.8. The average molecular weight is 253 g/mol. The van der Waals surface area contributed by atoms with Gasteiger partial charge < -0.3 is 9.59 Å². The number of likely N-dealkylation sites (N-methyl/N-ethyl adjacent to an activating group) is 1. The van der Waals surface area contributed by atoms with E-state index < -0.39 is 15.5 Å². The van der Waals surface area contributed by atoms with E-state index in [9.17, 15) is 21.6 Å². The smallest absolute Gasteiger partial charge is 0.391 e. The normalized spacial score (nSPS) is 13.1. The number of halogens is 3. The Labute approximate surface area is 86.9 Å². The molecular weight excluding hydrogens is 237 g/mol. The van der Waals surface area contributed by atoms with Gasteiger partial charge in [-0.15, -0.1) is 0 Å². The van der Waals surface area contributed by atoms with Crippen LogP contribution in [-0.4, -0.2) is 57.8 Å². The van der Waals surface area contributed by atoms with Gasteiger partial charge in [0, 0.05) is 0 Å². The van der Waals surface area contributed by atoms with Gasteiger partial charge in [0.1, 0.15) is 6.54 Å². The van der Waals surface area contributed by atoms with E-state index >= 15 is 0 Å². The highest BCUT2D eigenvalue weighted by atomic mass is 32.2. The first kappa shape index (κ1) is 17.0. The summed E-state index contributed by atoms with van der Waals surface area (Å²) in [6, 6.07) is 0. The van der Waals surface area contributed by atoms with Gasteiger partial charge in [0.05, 0.1) is 27.7 Å². The molecule has 0 rings (SSSR count). The second kappa shape index (κ2) is 5.64. The van der Waals surface area contributed by atoms with Crippen LogP contribution in [0.4, 0.5) is 13.2 Å². The Balaban J connectivity index is 0. The van der Waals surface area contributed by atoms with E-state index in [4.69, 9.17) is 5.11 Å². The number of rotatable bonds is 2. The minimum absolute atomic E-state index is 0.281. The van der Waals surface area contributed by atoms with E-state index in [1.165, 1.54) is 0 Å². The van der Waals surface area contributed by atoms with Gasteiger partial charge in [-0.25, -0.2) is 13.6 Å². The van der Waals surface area contributed by atoms with Gasteiger partial charge in [0.15, 0.2) is 0 Å². The maximum absolute atomic E-state index is 10.8. The Hall–Kier alpha value is -0.380. The molecule has 0 aromatic rings. The standard InChI is InChI=1S/C5H14NO.CH2F3NO2S/c1-6(2,3)4-5-7;2-1(3,4)8(5,6)7/h7H,4-5H2,1-3H3;(H2,5,6,7)/q+1;. The number of primary sulfonamides is 1. The zero-order valence-corrected chi connectivity index (χ0v) is 9.56. The zero-order valence-electron chi connectivity index (χ0n) is 8.74. The molecule has 0 aliphatic carbocycles. The Bertz CT molecular complexity index is 268. The van der Waals surface area contributed by atoms with Gasteiger partial charge in [0.2, 0.25) is 0 Å². The highest BCUT2D eigenvalue weighted by Gasteiger charge is 2.42. The minimum Gasteiger partial charge on any atom is -0.391 e. The van der Waals surface area contributed by atoms with Gasteiger partial charge >= 0.3 is 15.5 Å². The fourth-order valence-electron chi connectivity index (χ4n) is 0.300. The highest BCUT2D eigenvalue weighted by molar-refractivity contribution is 7.90. The van der Waals surface area contributed by atoms with Crippen molar-refractivity contribution >= 4 is 10.0 Å². The molecule has 0 bridgehead atoms. The minimum atomic E-state index is -5.34. The third-order valence-electron chi connectivity index (χ3n) is 1.09. The summed E-state index contributed by atoms with van der Waals surface area (Å²) >= 11 is 0. The van der Waals surface area contributed by atoms with Crippen molar-refractivity contribution < 1.29 is 31.2 Å². The zero-order chi connectivity index (χ0) is 12.9. The molecular formula is C6H16F3N2O3S+. The van der Waals surface area contributed by atoms with Gasteiger partial charge in [-0.2, -0.15) is 13.2 Å². The van der Waals surface area contributed by atoms with Gasteiger partial charge in [-0.3, -0.25) is 0 Å². The van der Waals surface area contributed by atoms with E-state index in [-0.39, 0.29) is 6.61 Å². The molecule has 0 aliphatic heterocycles. The molecule has 0 radical (unpaired) electrons. The van der Waals surface area contributed by atoms with Gasteiger partial charge in [-0.1, -0.05) is 0 Å². The molecule has 0 heterocycles. The predicted octanol–water partition coefficient (Wildman–Crippen LogP) is -0.520. The van der Waals surface area contributed by atoms with Gasteiger partial charge in [0.25, 0.3) is 0 Å². The summed E-state index contributed by atoms with van der Waals surface area (Å²) in [4.78, 5) is 0. The molecule has 0 aromatic carbocycles. The molecule has 0 atom stereocenters. The number of sulfonamides is 1. The summed E-state index contributed by atoms with van der Waals surface area (Å²) in [6.45, 7) is 1.11. The molecule has 3 N–H and O–H groups in total. The number of aliphatic hydroxyl groups excluding tert-OH is 1. The maximum Gasteiger partial charge on any atom is 0.511 e. The van der Waals surface area contributed by atoms with E-state index in [1.54, 1.807) is 0 Å². The summed E-state index contributed by atoms with van der Waals surface area (Å²) in [5, 5.41) is 12.0. The molecule has 94 valence electrons. The number of alkyl halides is 3. The summed E-state index contributed by atoms with van der Waals surface area (Å²) in [5.74, 6) is 0. The van der Waals surface area contributed by atoms with Crippen molar-refractivity contribution in [3.05, 3.63) is 0 Å². The quantitative estimate of drug-likeness (QED) is 0.650. The number of hydrogen-bond acceptors (Lipinski definition) is 3. The fourth-order valence-corrected chi connectivity index (χ4v) is 0.300. The van der Waals surface area contributed by atoms with Crippen LogP contribution in [0, 0.1) is 0 Å². The fraction of sp³-hybridized carbons (Fsp3) is 1.00. The van der Waals surface area contributed by atoms with E-state index in [0.29, 0.717) is 0 Å². The number of nitrogens with zero attached hydrogens (tertiary/aromatic N) is 1. The summed E-state index contributed by atoms with van der Waals surface area (Å²) < 4.78 is 52.0. The first-order valence-electron chi connectivity index (χ1n) is 3.81. The van der Waals surface area contributed by atoms with Gasteiger partial charge in [-0.05, 0) is 0 Å². The second-order valence-electron chi connectivity index (χ2n) is 3.73. The lowest BCUT2D eigenvalue weighted by Gasteiger charge is -2.21. The third kappa shape index (κ3) is 11.5. The largest absolute Gasteiger partial charge is 0.511 e. The number of hydrogen-bond donors (Lipinski definition) is 2. The Kier molecular flexibility index (Phi) is 6.40. The topological polar surface area (TPSA) is 80.4 Å². The summed E-state index contributed by atoms with van der Waals surface area (Å²) in [5.41, 5.74) is -5.31. The number of quaternary nitrogens is 1. The van der Waals surface area contributed by atoms with Crippen molar-refractivity contribution in [2.75, 3.05) is 34.3 Å². The van der Waals surface area contributed by atoms with Crippen LogP contribution < -0.4 is 5.14 Å².